The van der Waals surface area contributed by atoms with Crippen molar-refractivity contribution in [1.82, 2.24) is 15.0 Å². The molecule has 0 aliphatic rings. The van der Waals surface area contributed by atoms with Gasteiger partial charge in [0.25, 0.3) is 0 Å². The van der Waals surface area contributed by atoms with E-state index in [0.29, 0.717) is 5.15 Å². The Hall–Kier alpha value is -2.39. The van der Waals surface area contributed by atoms with Gasteiger partial charge in [0.15, 0.2) is 0 Å². The molecule has 0 radical (unpaired) electrons. The summed E-state index contributed by atoms with van der Waals surface area (Å²) in [4.78, 5) is 12.6. The summed E-state index contributed by atoms with van der Waals surface area (Å²) in [6.07, 6.45) is 0. The number of H-pyrrole nitrogens is 1. The van der Waals surface area contributed by atoms with Gasteiger partial charge < -0.3 is 4.98 Å². The molecule has 114 valence electrons. The van der Waals surface area contributed by atoms with Crippen molar-refractivity contribution in [3.8, 4) is 11.4 Å². The summed E-state index contributed by atoms with van der Waals surface area (Å²) in [6.45, 7) is 6.26. The van der Waals surface area contributed by atoms with Crippen LogP contribution in [0.5, 0.6) is 0 Å². The second kappa shape index (κ2) is 5.07. The van der Waals surface area contributed by atoms with Crippen LogP contribution in [0.3, 0.4) is 0 Å². The maximum atomic E-state index is 6.40. The van der Waals surface area contributed by atoms with Crippen molar-refractivity contribution in [2.75, 3.05) is 0 Å². The van der Waals surface area contributed by atoms with Crippen molar-refractivity contribution in [3.63, 3.8) is 0 Å². The number of nitrogens with one attached hydrogen (secondary N) is 1. The van der Waals surface area contributed by atoms with E-state index in [9.17, 15) is 0 Å². The van der Waals surface area contributed by atoms with Gasteiger partial charge in [0.05, 0.1) is 22.1 Å². The van der Waals surface area contributed by atoms with Crippen LogP contribution in [0.1, 0.15) is 16.7 Å². The topological polar surface area (TPSA) is 41.6 Å². The van der Waals surface area contributed by atoms with E-state index in [1.807, 2.05) is 12.1 Å². The van der Waals surface area contributed by atoms with Crippen LogP contribution < -0.4 is 0 Å². The van der Waals surface area contributed by atoms with Crippen LogP contribution in [0.4, 0.5) is 0 Å². The largest absolute Gasteiger partial charge is 0.338 e. The fourth-order valence-corrected chi connectivity index (χ4v) is 3.07. The number of aryl methyl sites for hydroxylation is 3. The molecule has 0 aliphatic carbocycles. The number of hydrogen-bond donors (Lipinski definition) is 1. The van der Waals surface area contributed by atoms with Gasteiger partial charge in [-0.2, -0.15) is 0 Å². The van der Waals surface area contributed by atoms with Crippen molar-refractivity contribution >= 4 is 33.5 Å². The number of pyridine rings is 1. The molecule has 2 aromatic heterocycles. The molecule has 23 heavy (non-hydrogen) atoms. The SMILES string of the molecule is Cc1ccc2nc(Cl)c(-c3nc4cc(C)c(C)cc4[nH]3)cc2c1. The number of imidazole rings is 1. The quantitative estimate of drug-likeness (QED) is 0.480. The minimum atomic E-state index is 0.467. The maximum absolute atomic E-state index is 6.40. The van der Waals surface area contributed by atoms with Crippen LogP contribution in [-0.4, -0.2) is 15.0 Å². The van der Waals surface area contributed by atoms with Crippen LogP contribution in [0.2, 0.25) is 5.15 Å². The summed E-state index contributed by atoms with van der Waals surface area (Å²) >= 11 is 6.40. The molecular weight excluding hydrogens is 306 g/mol. The second-order valence-corrected chi connectivity index (χ2v) is 6.42. The van der Waals surface area contributed by atoms with E-state index >= 15 is 0 Å². The van der Waals surface area contributed by atoms with Crippen LogP contribution in [0, 0.1) is 20.8 Å². The van der Waals surface area contributed by atoms with Gasteiger partial charge in [-0.05, 0) is 62.2 Å². The molecule has 0 unspecified atom stereocenters. The van der Waals surface area contributed by atoms with E-state index in [1.165, 1.54) is 16.7 Å². The summed E-state index contributed by atoms with van der Waals surface area (Å²) in [7, 11) is 0. The first kappa shape index (κ1) is 14.2. The van der Waals surface area contributed by atoms with Gasteiger partial charge in [0, 0.05) is 5.39 Å². The highest BCUT2D eigenvalue weighted by molar-refractivity contribution is 6.32. The highest BCUT2D eigenvalue weighted by Crippen LogP contribution is 2.30. The lowest BCUT2D eigenvalue weighted by Crippen LogP contribution is -1.88. The number of nitrogens with zero attached hydrogens (tertiary/aromatic N) is 2. The van der Waals surface area contributed by atoms with E-state index in [4.69, 9.17) is 16.6 Å². The summed E-state index contributed by atoms with van der Waals surface area (Å²) in [6, 6.07) is 12.4. The van der Waals surface area contributed by atoms with Crippen molar-refractivity contribution in [1.29, 1.82) is 0 Å². The van der Waals surface area contributed by atoms with Crippen LogP contribution >= 0.6 is 11.6 Å². The molecule has 2 heterocycles. The minimum Gasteiger partial charge on any atom is -0.338 e. The van der Waals surface area contributed by atoms with Gasteiger partial charge in [0.2, 0.25) is 0 Å². The first-order valence-corrected chi connectivity index (χ1v) is 7.93. The Morgan fingerprint density at radius 3 is 2.48 bits per heavy atom. The molecule has 0 fully saturated rings. The lowest BCUT2D eigenvalue weighted by molar-refractivity contribution is 1.30. The highest BCUT2D eigenvalue weighted by atomic mass is 35.5. The summed E-state index contributed by atoms with van der Waals surface area (Å²) in [5.41, 5.74) is 7.36. The molecule has 0 bridgehead atoms. The molecule has 0 aliphatic heterocycles. The van der Waals surface area contributed by atoms with Crippen molar-refractivity contribution in [3.05, 3.63) is 58.2 Å². The third-order valence-electron chi connectivity index (χ3n) is 4.28. The van der Waals surface area contributed by atoms with Crippen LogP contribution in [-0.2, 0) is 0 Å². The average Bonchev–Trinajstić information content (AvgIpc) is 2.90. The smallest absolute Gasteiger partial charge is 0.141 e. The molecule has 4 aromatic rings. The first-order chi connectivity index (χ1) is 11.0. The monoisotopic (exact) mass is 321 g/mol. The second-order valence-electron chi connectivity index (χ2n) is 6.06. The number of aromatic nitrogens is 3. The molecule has 0 atom stereocenters. The van der Waals surface area contributed by atoms with Crippen LogP contribution in [0.25, 0.3) is 33.3 Å². The minimum absolute atomic E-state index is 0.467. The standard InChI is InChI=1S/C19H16ClN3/c1-10-4-5-15-13(6-10)9-14(18(20)21-15)19-22-16-7-11(2)12(3)8-17(16)23-19/h4-9H,1-3H3,(H,22,23). The Labute approximate surface area is 139 Å². The molecule has 0 spiro atoms. The molecule has 0 amide bonds. The molecule has 0 saturated heterocycles. The maximum Gasteiger partial charge on any atom is 0.141 e. The Kier molecular flexibility index (Phi) is 3.13. The Balaban J connectivity index is 1.95. The lowest BCUT2D eigenvalue weighted by atomic mass is 10.1. The van der Waals surface area contributed by atoms with E-state index in [0.717, 1.165) is 33.3 Å². The van der Waals surface area contributed by atoms with Gasteiger partial charge in [-0.1, -0.05) is 23.2 Å². The third-order valence-corrected chi connectivity index (χ3v) is 4.56. The fourth-order valence-electron chi connectivity index (χ4n) is 2.84. The zero-order valence-electron chi connectivity index (χ0n) is 13.2. The van der Waals surface area contributed by atoms with E-state index < -0.39 is 0 Å². The number of halogens is 1. The highest BCUT2D eigenvalue weighted by Gasteiger charge is 2.12. The van der Waals surface area contributed by atoms with Gasteiger partial charge in [0.1, 0.15) is 11.0 Å². The first-order valence-electron chi connectivity index (χ1n) is 7.55. The van der Waals surface area contributed by atoms with Crippen LogP contribution in [0.15, 0.2) is 36.4 Å². The number of benzene rings is 2. The van der Waals surface area contributed by atoms with Gasteiger partial charge in [-0.3, -0.25) is 0 Å². The molecular formula is C19H16ClN3. The number of fused-ring (bicyclic) bond motifs is 2. The molecule has 4 heteroatoms. The zero-order chi connectivity index (χ0) is 16.1. The Morgan fingerprint density at radius 2 is 1.65 bits per heavy atom. The molecule has 1 N–H and O–H groups in total. The van der Waals surface area contributed by atoms with Crippen molar-refractivity contribution < 1.29 is 0 Å². The van der Waals surface area contributed by atoms with Gasteiger partial charge in [-0.15, -0.1) is 0 Å². The third kappa shape index (κ3) is 2.37. The predicted octanol–water partition coefficient (Wildman–Crippen LogP) is 5.36. The molecule has 4 rings (SSSR count). The van der Waals surface area contributed by atoms with E-state index in [2.05, 4.69) is 55.0 Å². The number of rotatable bonds is 1. The molecule has 3 nitrogen and oxygen atoms in total. The summed E-state index contributed by atoms with van der Waals surface area (Å²) in [5, 5.41) is 1.53. The predicted molar refractivity (Wildman–Crippen MR) is 96.1 cm³/mol. The molecule has 0 saturated carbocycles. The zero-order valence-corrected chi connectivity index (χ0v) is 14.0. The van der Waals surface area contributed by atoms with E-state index in [1.54, 1.807) is 0 Å². The fraction of sp³-hybridized carbons (Fsp3) is 0.158. The van der Waals surface area contributed by atoms with Crippen molar-refractivity contribution in [2.24, 2.45) is 0 Å². The van der Waals surface area contributed by atoms with E-state index in [-0.39, 0.29) is 0 Å². The van der Waals surface area contributed by atoms with Crippen molar-refractivity contribution in [2.45, 2.75) is 20.8 Å². The lowest BCUT2D eigenvalue weighted by Gasteiger charge is -2.04. The number of hydrogen-bond acceptors (Lipinski definition) is 2. The van der Waals surface area contributed by atoms with Gasteiger partial charge in [-0.25, -0.2) is 9.97 Å². The summed E-state index contributed by atoms with van der Waals surface area (Å²) in [5.74, 6) is 0.755. The Bertz CT molecular complexity index is 1020. The Morgan fingerprint density at radius 1 is 0.870 bits per heavy atom. The summed E-state index contributed by atoms with van der Waals surface area (Å²) < 4.78 is 0. The number of aromatic amines is 1. The van der Waals surface area contributed by atoms with Gasteiger partial charge >= 0.3 is 0 Å². The molecule has 2 aromatic carbocycles. The average molecular weight is 322 g/mol. The normalized spacial score (nSPS) is 11.5.